The van der Waals surface area contributed by atoms with E-state index in [0.717, 1.165) is 29.6 Å². The first-order chi connectivity index (χ1) is 6.00. The molecule has 0 bridgehead atoms. The molecule has 0 aliphatic heterocycles. The molecule has 0 heterocycles. The fourth-order valence-electron chi connectivity index (χ4n) is 2.88. The van der Waals surface area contributed by atoms with Crippen molar-refractivity contribution in [2.45, 2.75) is 53.9 Å². The van der Waals surface area contributed by atoms with Crippen LogP contribution in [0.2, 0.25) is 0 Å². The van der Waals surface area contributed by atoms with E-state index in [4.69, 9.17) is 0 Å². The second-order valence-corrected chi connectivity index (χ2v) is 5.72. The molecular weight excluding hydrogens is 156 g/mol. The van der Waals surface area contributed by atoms with E-state index in [9.17, 15) is 0 Å². The van der Waals surface area contributed by atoms with Gasteiger partial charge in [-0.25, -0.2) is 0 Å². The van der Waals surface area contributed by atoms with Crippen molar-refractivity contribution in [1.82, 2.24) is 0 Å². The maximum absolute atomic E-state index is 2.44. The maximum atomic E-state index is 2.44. The molecule has 1 aliphatic rings. The number of hydrogen-bond donors (Lipinski definition) is 0. The van der Waals surface area contributed by atoms with Gasteiger partial charge in [0, 0.05) is 0 Å². The standard InChI is InChI=1S/C13H26/c1-9-6-10(2)12(4)8-13(5)11(3)7-9/h9-13H,6-8H2,1-5H3. The monoisotopic (exact) mass is 182 g/mol. The van der Waals surface area contributed by atoms with Crippen molar-refractivity contribution in [3.63, 3.8) is 0 Å². The molecule has 0 nitrogen and oxygen atoms in total. The van der Waals surface area contributed by atoms with E-state index in [2.05, 4.69) is 34.6 Å². The smallest absolute Gasteiger partial charge is 0.0414 e. The predicted octanol–water partition coefficient (Wildman–Crippen LogP) is 4.35. The van der Waals surface area contributed by atoms with Crippen molar-refractivity contribution >= 4 is 0 Å². The topological polar surface area (TPSA) is 0 Å². The minimum Gasteiger partial charge on any atom is -0.0625 e. The summed E-state index contributed by atoms with van der Waals surface area (Å²) in [6, 6.07) is 0. The molecule has 0 N–H and O–H groups in total. The van der Waals surface area contributed by atoms with Gasteiger partial charge in [0.15, 0.2) is 0 Å². The summed E-state index contributed by atoms with van der Waals surface area (Å²) < 4.78 is 0. The highest BCUT2D eigenvalue weighted by Crippen LogP contribution is 2.35. The third-order valence-electron chi connectivity index (χ3n) is 4.23. The van der Waals surface area contributed by atoms with Crippen molar-refractivity contribution < 1.29 is 0 Å². The van der Waals surface area contributed by atoms with Gasteiger partial charge in [0.1, 0.15) is 0 Å². The molecule has 1 fully saturated rings. The SMILES string of the molecule is CC1CC(C)C(C)CC(C)C(C)C1. The van der Waals surface area contributed by atoms with Crippen LogP contribution >= 0.6 is 0 Å². The molecule has 4 atom stereocenters. The highest BCUT2D eigenvalue weighted by Gasteiger charge is 2.25. The lowest BCUT2D eigenvalue weighted by Crippen LogP contribution is -2.23. The van der Waals surface area contributed by atoms with Crippen LogP contribution in [-0.4, -0.2) is 0 Å². The van der Waals surface area contributed by atoms with Gasteiger partial charge in [-0.2, -0.15) is 0 Å². The molecule has 0 saturated heterocycles. The Hall–Kier alpha value is 0. The minimum absolute atomic E-state index is 0.931. The molecule has 1 aliphatic carbocycles. The van der Waals surface area contributed by atoms with Crippen LogP contribution in [-0.2, 0) is 0 Å². The first-order valence-corrected chi connectivity index (χ1v) is 6.00. The van der Waals surface area contributed by atoms with Gasteiger partial charge in [-0.3, -0.25) is 0 Å². The van der Waals surface area contributed by atoms with Gasteiger partial charge in [-0.15, -0.1) is 0 Å². The van der Waals surface area contributed by atoms with Crippen LogP contribution in [0, 0.1) is 29.6 Å². The van der Waals surface area contributed by atoms with Gasteiger partial charge in [0.25, 0.3) is 0 Å². The lowest BCUT2D eigenvalue weighted by atomic mass is 9.72. The largest absolute Gasteiger partial charge is 0.0625 e. The van der Waals surface area contributed by atoms with Crippen LogP contribution in [0.1, 0.15) is 53.9 Å². The Labute approximate surface area is 84.1 Å². The first-order valence-electron chi connectivity index (χ1n) is 6.00. The zero-order valence-corrected chi connectivity index (χ0v) is 10.0. The molecule has 1 saturated carbocycles. The van der Waals surface area contributed by atoms with Crippen LogP contribution in [0.4, 0.5) is 0 Å². The van der Waals surface area contributed by atoms with E-state index in [-0.39, 0.29) is 0 Å². The molecule has 4 unspecified atom stereocenters. The van der Waals surface area contributed by atoms with E-state index in [1.54, 1.807) is 0 Å². The third kappa shape index (κ3) is 3.00. The Kier molecular flexibility index (Phi) is 3.82. The first kappa shape index (κ1) is 11.1. The lowest BCUT2D eigenvalue weighted by molar-refractivity contribution is 0.173. The summed E-state index contributed by atoms with van der Waals surface area (Å²) in [4.78, 5) is 0. The van der Waals surface area contributed by atoms with Crippen LogP contribution in [0.15, 0.2) is 0 Å². The van der Waals surface area contributed by atoms with E-state index < -0.39 is 0 Å². The quantitative estimate of drug-likeness (QED) is 0.522. The van der Waals surface area contributed by atoms with E-state index in [1.807, 2.05) is 0 Å². The highest BCUT2D eigenvalue weighted by atomic mass is 14.3. The molecule has 0 radical (unpaired) electrons. The molecule has 0 heteroatoms. The van der Waals surface area contributed by atoms with Gasteiger partial charge in [-0.1, -0.05) is 34.6 Å². The van der Waals surface area contributed by atoms with Crippen molar-refractivity contribution in [2.75, 3.05) is 0 Å². The fraction of sp³-hybridized carbons (Fsp3) is 1.00. The van der Waals surface area contributed by atoms with Crippen molar-refractivity contribution in [1.29, 1.82) is 0 Å². The molecule has 0 aromatic rings. The lowest BCUT2D eigenvalue weighted by Gasteiger charge is -2.33. The predicted molar refractivity (Wildman–Crippen MR) is 59.7 cm³/mol. The second kappa shape index (κ2) is 4.48. The Bertz CT molecular complexity index is 134. The molecular formula is C13H26. The molecule has 13 heavy (non-hydrogen) atoms. The summed E-state index contributed by atoms with van der Waals surface area (Å²) >= 11 is 0. The molecule has 1 rings (SSSR count). The molecule has 0 aromatic carbocycles. The van der Waals surface area contributed by atoms with Gasteiger partial charge >= 0.3 is 0 Å². The highest BCUT2D eigenvalue weighted by molar-refractivity contribution is 4.76. The Balaban J connectivity index is 2.59. The number of hydrogen-bond acceptors (Lipinski definition) is 0. The average molecular weight is 182 g/mol. The fourth-order valence-corrected chi connectivity index (χ4v) is 2.88. The molecule has 0 amide bonds. The molecule has 78 valence electrons. The summed E-state index contributed by atoms with van der Waals surface area (Å²) in [7, 11) is 0. The molecule has 0 spiro atoms. The van der Waals surface area contributed by atoms with Crippen molar-refractivity contribution in [2.24, 2.45) is 29.6 Å². The van der Waals surface area contributed by atoms with E-state index in [0.29, 0.717) is 0 Å². The van der Waals surface area contributed by atoms with Crippen LogP contribution in [0.5, 0.6) is 0 Å². The van der Waals surface area contributed by atoms with Crippen molar-refractivity contribution in [3.05, 3.63) is 0 Å². The van der Waals surface area contributed by atoms with Crippen LogP contribution in [0.25, 0.3) is 0 Å². The molecule has 0 aromatic heterocycles. The van der Waals surface area contributed by atoms with E-state index in [1.165, 1.54) is 19.3 Å². The second-order valence-electron chi connectivity index (χ2n) is 5.72. The normalized spacial score (nSPS) is 48.2. The van der Waals surface area contributed by atoms with Gasteiger partial charge in [0.05, 0.1) is 0 Å². The Morgan fingerprint density at radius 2 is 0.846 bits per heavy atom. The van der Waals surface area contributed by atoms with Gasteiger partial charge in [0.2, 0.25) is 0 Å². The summed E-state index contributed by atoms with van der Waals surface area (Å²) in [6.07, 6.45) is 4.32. The zero-order chi connectivity index (χ0) is 10.0. The number of rotatable bonds is 0. The third-order valence-corrected chi connectivity index (χ3v) is 4.23. The minimum atomic E-state index is 0.931. The zero-order valence-electron chi connectivity index (χ0n) is 10.0. The van der Waals surface area contributed by atoms with Gasteiger partial charge < -0.3 is 0 Å². The van der Waals surface area contributed by atoms with Crippen molar-refractivity contribution in [3.8, 4) is 0 Å². The summed E-state index contributed by atoms with van der Waals surface area (Å²) in [5.41, 5.74) is 0. The Morgan fingerprint density at radius 1 is 0.538 bits per heavy atom. The summed E-state index contributed by atoms with van der Waals surface area (Å²) in [6.45, 7) is 12.2. The van der Waals surface area contributed by atoms with Crippen LogP contribution in [0.3, 0.4) is 0 Å². The van der Waals surface area contributed by atoms with E-state index >= 15 is 0 Å². The Morgan fingerprint density at radius 3 is 1.23 bits per heavy atom. The van der Waals surface area contributed by atoms with Crippen LogP contribution < -0.4 is 0 Å². The average Bonchev–Trinajstić information content (AvgIpc) is 2.02. The summed E-state index contributed by atoms with van der Waals surface area (Å²) in [5.74, 6) is 4.67. The maximum Gasteiger partial charge on any atom is -0.0414 e. The van der Waals surface area contributed by atoms with Gasteiger partial charge in [-0.05, 0) is 48.9 Å². The summed E-state index contributed by atoms with van der Waals surface area (Å²) in [5, 5.41) is 0.